The maximum atomic E-state index is 12.9. The van der Waals surface area contributed by atoms with Gasteiger partial charge in [-0.2, -0.15) is 0 Å². The zero-order valence-electron chi connectivity index (χ0n) is 19.4. The number of benzene rings is 2. The van der Waals surface area contributed by atoms with Crippen molar-refractivity contribution >= 4 is 23.3 Å². The van der Waals surface area contributed by atoms with E-state index in [2.05, 4.69) is 39.4 Å². The first-order valence-electron chi connectivity index (χ1n) is 12.1. The van der Waals surface area contributed by atoms with Gasteiger partial charge in [0.25, 0.3) is 0 Å². The molecule has 1 N–H and O–H groups in total. The number of carbonyl (C=O) groups excluding carboxylic acids is 2. The number of halogens is 1. The molecule has 2 aromatic rings. The van der Waals surface area contributed by atoms with E-state index in [0.29, 0.717) is 5.02 Å². The molecule has 4 rings (SSSR count). The van der Waals surface area contributed by atoms with Crippen LogP contribution in [-0.2, 0) is 11.3 Å². The fourth-order valence-electron chi connectivity index (χ4n) is 4.96. The minimum Gasteiger partial charge on any atom is -0.352 e. The van der Waals surface area contributed by atoms with Gasteiger partial charge in [-0.1, -0.05) is 41.9 Å². The van der Waals surface area contributed by atoms with Crippen LogP contribution in [0.4, 0.5) is 0 Å². The number of piperidine rings is 2. The van der Waals surface area contributed by atoms with Crippen molar-refractivity contribution in [3.05, 3.63) is 70.7 Å². The molecule has 5 nitrogen and oxygen atoms in total. The Bertz CT molecular complexity index is 918. The molecule has 2 fully saturated rings. The Morgan fingerprint density at radius 3 is 2.21 bits per heavy atom. The Labute approximate surface area is 202 Å². The minimum absolute atomic E-state index is 0.0200. The van der Waals surface area contributed by atoms with E-state index in [-0.39, 0.29) is 29.7 Å². The molecule has 0 spiro atoms. The predicted molar refractivity (Wildman–Crippen MR) is 132 cm³/mol. The Balaban J connectivity index is 1.19. The number of hydrogen-bond donors (Lipinski definition) is 1. The van der Waals surface area contributed by atoms with E-state index in [1.807, 2.05) is 13.0 Å². The largest absolute Gasteiger partial charge is 0.352 e. The molecule has 2 aliphatic heterocycles. The summed E-state index contributed by atoms with van der Waals surface area (Å²) in [5, 5.41) is 3.92. The average molecular weight is 468 g/mol. The number of carbonyl (C=O) groups is 2. The Morgan fingerprint density at radius 1 is 0.939 bits per heavy atom. The van der Waals surface area contributed by atoms with Gasteiger partial charge in [-0.05, 0) is 75.5 Å². The van der Waals surface area contributed by atoms with E-state index in [0.717, 1.165) is 64.0 Å². The van der Waals surface area contributed by atoms with Crippen LogP contribution in [0, 0.1) is 5.92 Å². The third-order valence-electron chi connectivity index (χ3n) is 7.14. The van der Waals surface area contributed by atoms with Gasteiger partial charge in [0.15, 0.2) is 5.78 Å². The van der Waals surface area contributed by atoms with Gasteiger partial charge in [-0.25, -0.2) is 0 Å². The molecule has 2 aromatic carbocycles. The summed E-state index contributed by atoms with van der Waals surface area (Å²) in [6, 6.07) is 17.8. The van der Waals surface area contributed by atoms with Crippen molar-refractivity contribution in [2.75, 3.05) is 26.2 Å². The molecule has 6 heteroatoms. The van der Waals surface area contributed by atoms with Crippen molar-refractivity contribution in [3.8, 4) is 0 Å². The lowest BCUT2D eigenvalue weighted by molar-refractivity contribution is -0.127. The summed E-state index contributed by atoms with van der Waals surface area (Å²) in [5.41, 5.74) is 2.06. The second kappa shape index (κ2) is 11.3. The van der Waals surface area contributed by atoms with Gasteiger partial charge in [-0.3, -0.25) is 19.4 Å². The van der Waals surface area contributed by atoms with Gasteiger partial charge in [0.05, 0.1) is 6.04 Å². The molecule has 0 saturated carbocycles. The van der Waals surface area contributed by atoms with Crippen molar-refractivity contribution in [3.63, 3.8) is 0 Å². The van der Waals surface area contributed by atoms with Crippen molar-refractivity contribution < 1.29 is 9.59 Å². The fourth-order valence-corrected chi connectivity index (χ4v) is 5.09. The second-order valence-electron chi connectivity index (χ2n) is 9.40. The minimum atomic E-state index is -0.168. The van der Waals surface area contributed by atoms with Crippen molar-refractivity contribution in [1.29, 1.82) is 0 Å². The SMILES string of the molecule is CC(C(=O)NC1CCN(Cc2ccccc2)CC1)N1CCC(C(=O)c2ccc(Cl)cc2)CC1. The van der Waals surface area contributed by atoms with Gasteiger partial charge in [0, 0.05) is 42.2 Å². The van der Waals surface area contributed by atoms with Gasteiger partial charge in [-0.15, -0.1) is 0 Å². The molecule has 2 saturated heterocycles. The van der Waals surface area contributed by atoms with E-state index in [9.17, 15) is 9.59 Å². The van der Waals surface area contributed by atoms with Crippen LogP contribution >= 0.6 is 11.6 Å². The Morgan fingerprint density at radius 2 is 1.58 bits per heavy atom. The third kappa shape index (κ3) is 6.44. The Kier molecular flexibility index (Phi) is 8.18. The summed E-state index contributed by atoms with van der Waals surface area (Å²) in [5.74, 6) is 0.316. The molecule has 2 aliphatic rings. The molecule has 33 heavy (non-hydrogen) atoms. The van der Waals surface area contributed by atoms with Gasteiger partial charge in [0.1, 0.15) is 0 Å². The zero-order chi connectivity index (χ0) is 23.2. The molecule has 176 valence electrons. The van der Waals surface area contributed by atoms with Crippen LogP contribution in [0.3, 0.4) is 0 Å². The highest BCUT2D eigenvalue weighted by atomic mass is 35.5. The molecule has 0 bridgehead atoms. The number of amides is 1. The van der Waals surface area contributed by atoms with E-state index < -0.39 is 0 Å². The molecular weight excluding hydrogens is 434 g/mol. The molecule has 1 atom stereocenters. The zero-order valence-corrected chi connectivity index (χ0v) is 20.1. The van der Waals surface area contributed by atoms with E-state index >= 15 is 0 Å². The summed E-state index contributed by atoms with van der Waals surface area (Å²) >= 11 is 5.94. The van der Waals surface area contributed by atoms with Crippen LogP contribution in [0.5, 0.6) is 0 Å². The quantitative estimate of drug-likeness (QED) is 0.613. The molecule has 2 heterocycles. The summed E-state index contributed by atoms with van der Waals surface area (Å²) in [6.07, 6.45) is 3.56. The summed E-state index contributed by atoms with van der Waals surface area (Å²) < 4.78 is 0. The van der Waals surface area contributed by atoms with E-state index in [1.54, 1.807) is 24.3 Å². The standard InChI is InChI=1S/C27H34ClN3O2/c1-20(31-17-11-23(12-18-31)26(32)22-7-9-24(28)10-8-22)27(33)29-25-13-15-30(16-14-25)19-21-5-3-2-4-6-21/h2-10,20,23,25H,11-19H2,1H3,(H,29,33). The fraction of sp³-hybridized carbons (Fsp3) is 0.481. The van der Waals surface area contributed by atoms with Crippen LogP contribution in [-0.4, -0.2) is 59.8 Å². The number of likely N-dealkylation sites (tertiary alicyclic amines) is 2. The first kappa shape index (κ1) is 23.9. The van der Waals surface area contributed by atoms with Gasteiger partial charge < -0.3 is 5.32 Å². The van der Waals surface area contributed by atoms with Crippen LogP contribution in [0.25, 0.3) is 0 Å². The summed E-state index contributed by atoms with van der Waals surface area (Å²) in [7, 11) is 0. The lowest BCUT2D eigenvalue weighted by Gasteiger charge is -2.37. The normalized spacial score (nSPS) is 19.8. The number of ketones is 1. The number of rotatable bonds is 7. The maximum Gasteiger partial charge on any atom is 0.237 e. The number of nitrogens with zero attached hydrogens (tertiary/aromatic N) is 2. The highest BCUT2D eigenvalue weighted by Crippen LogP contribution is 2.24. The van der Waals surface area contributed by atoms with Gasteiger partial charge in [0.2, 0.25) is 5.91 Å². The molecule has 0 aromatic heterocycles. The smallest absolute Gasteiger partial charge is 0.237 e. The predicted octanol–water partition coefficient (Wildman–Crippen LogP) is 4.40. The van der Waals surface area contributed by atoms with E-state index in [1.165, 1.54) is 5.56 Å². The van der Waals surface area contributed by atoms with Crippen LogP contribution < -0.4 is 5.32 Å². The lowest BCUT2D eigenvalue weighted by Crippen LogP contribution is -2.52. The van der Waals surface area contributed by atoms with Crippen molar-refractivity contribution in [2.45, 2.75) is 51.2 Å². The van der Waals surface area contributed by atoms with E-state index in [4.69, 9.17) is 11.6 Å². The number of nitrogens with one attached hydrogen (secondary N) is 1. The van der Waals surface area contributed by atoms with Crippen LogP contribution in [0.2, 0.25) is 5.02 Å². The van der Waals surface area contributed by atoms with Crippen LogP contribution in [0.1, 0.15) is 48.5 Å². The monoisotopic (exact) mass is 467 g/mol. The molecule has 1 amide bonds. The summed E-state index contributed by atoms with van der Waals surface area (Å²) in [6.45, 7) is 6.52. The molecule has 0 aliphatic carbocycles. The van der Waals surface area contributed by atoms with Crippen molar-refractivity contribution in [2.24, 2.45) is 5.92 Å². The topological polar surface area (TPSA) is 52.7 Å². The maximum absolute atomic E-state index is 12.9. The summed E-state index contributed by atoms with van der Waals surface area (Å²) in [4.78, 5) is 30.4. The molecule has 0 radical (unpaired) electrons. The number of Topliss-reactive ketones (excluding diaryl/α,β-unsaturated/α-hetero) is 1. The first-order chi connectivity index (χ1) is 16.0. The first-order valence-corrected chi connectivity index (χ1v) is 12.5. The van der Waals surface area contributed by atoms with Gasteiger partial charge >= 0.3 is 0 Å². The lowest BCUT2D eigenvalue weighted by atomic mass is 9.88. The van der Waals surface area contributed by atoms with Crippen molar-refractivity contribution in [1.82, 2.24) is 15.1 Å². The molecule has 1 unspecified atom stereocenters. The Hall–Kier alpha value is -2.21. The average Bonchev–Trinajstić information content (AvgIpc) is 2.85. The highest BCUT2D eigenvalue weighted by molar-refractivity contribution is 6.30. The van der Waals surface area contributed by atoms with Crippen LogP contribution in [0.15, 0.2) is 54.6 Å². The highest BCUT2D eigenvalue weighted by Gasteiger charge is 2.31. The number of hydrogen-bond acceptors (Lipinski definition) is 4. The third-order valence-corrected chi connectivity index (χ3v) is 7.39. The molecular formula is C27H34ClN3O2. The second-order valence-corrected chi connectivity index (χ2v) is 9.84.